The van der Waals surface area contributed by atoms with Crippen molar-refractivity contribution in [3.63, 3.8) is 0 Å². The van der Waals surface area contributed by atoms with Crippen LogP contribution in [0.5, 0.6) is 0 Å². The number of nitrogens with zero attached hydrogens (tertiary/aromatic N) is 2. The Morgan fingerprint density at radius 3 is 2.28 bits per heavy atom. The third-order valence-corrected chi connectivity index (χ3v) is 5.38. The summed E-state index contributed by atoms with van der Waals surface area (Å²) in [5, 5.41) is 0. The van der Waals surface area contributed by atoms with Crippen molar-refractivity contribution in [2.75, 3.05) is 26.2 Å². The van der Waals surface area contributed by atoms with Crippen molar-refractivity contribution in [1.82, 2.24) is 9.80 Å². The second kappa shape index (κ2) is 7.54. The summed E-state index contributed by atoms with van der Waals surface area (Å²) in [6.07, 6.45) is 2.57. The lowest BCUT2D eigenvalue weighted by molar-refractivity contribution is -0.139. The van der Waals surface area contributed by atoms with Gasteiger partial charge in [0, 0.05) is 37.7 Å². The predicted octanol–water partition coefficient (Wildman–Crippen LogP) is 3.18. The molecule has 0 aromatic heterocycles. The molecule has 5 heteroatoms. The molecule has 0 unspecified atom stereocenters. The lowest BCUT2D eigenvalue weighted by Gasteiger charge is -2.39. The van der Waals surface area contributed by atoms with Gasteiger partial charge in [0.1, 0.15) is 5.82 Å². The summed E-state index contributed by atoms with van der Waals surface area (Å²) in [6.45, 7) is 7.24. The first-order chi connectivity index (χ1) is 11.9. The molecule has 3 rings (SSSR count). The summed E-state index contributed by atoms with van der Waals surface area (Å²) in [4.78, 5) is 29.0. The largest absolute Gasteiger partial charge is 0.342 e. The van der Waals surface area contributed by atoms with Gasteiger partial charge in [-0.2, -0.15) is 0 Å². The van der Waals surface area contributed by atoms with Crippen LogP contribution in [0, 0.1) is 23.6 Å². The van der Waals surface area contributed by atoms with Gasteiger partial charge in [0.25, 0.3) is 5.91 Å². The average molecular weight is 346 g/mol. The van der Waals surface area contributed by atoms with Gasteiger partial charge in [-0.1, -0.05) is 19.9 Å². The number of halogens is 1. The maximum Gasteiger partial charge on any atom is 0.253 e. The fraction of sp³-hybridized carbons (Fsp3) is 0.600. The monoisotopic (exact) mass is 346 g/mol. The van der Waals surface area contributed by atoms with Crippen LogP contribution in [0.1, 0.15) is 43.5 Å². The molecule has 1 aromatic rings. The molecular formula is C20H27FN2O2. The van der Waals surface area contributed by atoms with Crippen molar-refractivity contribution >= 4 is 11.8 Å². The number of rotatable bonds is 2. The van der Waals surface area contributed by atoms with E-state index in [0.29, 0.717) is 43.3 Å². The van der Waals surface area contributed by atoms with Gasteiger partial charge in [-0.05, 0) is 49.3 Å². The fourth-order valence-electron chi connectivity index (χ4n) is 4.23. The van der Waals surface area contributed by atoms with E-state index in [9.17, 15) is 14.0 Å². The van der Waals surface area contributed by atoms with Gasteiger partial charge in [0.05, 0.1) is 0 Å². The van der Waals surface area contributed by atoms with Crippen LogP contribution >= 0.6 is 0 Å². The molecular weight excluding hydrogens is 319 g/mol. The smallest absolute Gasteiger partial charge is 0.253 e. The summed E-state index contributed by atoms with van der Waals surface area (Å²) < 4.78 is 13.3. The minimum atomic E-state index is -0.399. The predicted molar refractivity (Wildman–Crippen MR) is 94.6 cm³/mol. The van der Waals surface area contributed by atoms with Crippen molar-refractivity contribution in [2.24, 2.45) is 17.8 Å². The molecule has 25 heavy (non-hydrogen) atoms. The molecule has 2 saturated heterocycles. The number of amides is 2. The van der Waals surface area contributed by atoms with E-state index in [2.05, 4.69) is 13.8 Å². The summed E-state index contributed by atoms with van der Waals surface area (Å²) in [5.74, 6) is 0.824. The van der Waals surface area contributed by atoms with Crippen molar-refractivity contribution in [3.8, 4) is 0 Å². The van der Waals surface area contributed by atoms with Gasteiger partial charge < -0.3 is 9.80 Å². The van der Waals surface area contributed by atoms with Gasteiger partial charge in [0.2, 0.25) is 5.91 Å². The van der Waals surface area contributed by atoms with E-state index in [1.165, 1.54) is 18.6 Å². The van der Waals surface area contributed by atoms with E-state index in [1.54, 1.807) is 17.0 Å². The molecule has 0 saturated carbocycles. The van der Waals surface area contributed by atoms with E-state index in [0.717, 1.165) is 13.1 Å². The van der Waals surface area contributed by atoms with Crippen LogP contribution in [-0.4, -0.2) is 47.8 Å². The number of hydrogen-bond acceptors (Lipinski definition) is 2. The second-order valence-corrected chi connectivity index (χ2v) is 7.77. The molecule has 0 bridgehead atoms. The topological polar surface area (TPSA) is 40.6 Å². The molecule has 2 atom stereocenters. The van der Waals surface area contributed by atoms with Gasteiger partial charge in [-0.25, -0.2) is 4.39 Å². The normalized spacial score (nSPS) is 25.1. The zero-order valence-electron chi connectivity index (χ0n) is 15.1. The Kier molecular flexibility index (Phi) is 5.40. The molecule has 0 N–H and O–H groups in total. The molecule has 0 radical (unpaired) electrons. The summed E-state index contributed by atoms with van der Waals surface area (Å²) in [7, 11) is 0. The molecule has 1 aromatic carbocycles. The van der Waals surface area contributed by atoms with E-state index in [1.807, 2.05) is 4.90 Å². The average Bonchev–Trinajstić information content (AvgIpc) is 2.60. The van der Waals surface area contributed by atoms with Crippen LogP contribution in [0.2, 0.25) is 0 Å². The maximum absolute atomic E-state index is 13.3. The highest BCUT2D eigenvalue weighted by atomic mass is 19.1. The number of likely N-dealkylation sites (tertiary alicyclic amines) is 2. The Balaban J connectivity index is 1.56. The quantitative estimate of drug-likeness (QED) is 0.825. The number of hydrogen-bond donors (Lipinski definition) is 0. The lowest BCUT2D eigenvalue weighted by atomic mass is 9.89. The number of carbonyl (C=O) groups excluding carboxylic acids is 2. The maximum atomic E-state index is 13.3. The molecule has 2 aliphatic rings. The molecule has 2 fully saturated rings. The van der Waals surface area contributed by atoms with Crippen molar-refractivity contribution in [1.29, 1.82) is 0 Å². The highest BCUT2D eigenvalue weighted by Gasteiger charge is 2.33. The molecule has 0 spiro atoms. The van der Waals surface area contributed by atoms with Crippen molar-refractivity contribution in [3.05, 3.63) is 35.6 Å². The SMILES string of the molecule is C[C@H]1C[C@H](C)CN(C(=O)C2CCN(C(=O)c3cccc(F)c3)CC2)C1. The summed E-state index contributed by atoms with van der Waals surface area (Å²) in [6, 6.07) is 5.80. The Morgan fingerprint density at radius 2 is 1.68 bits per heavy atom. The van der Waals surface area contributed by atoms with Crippen LogP contribution in [0.15, 0.2) is 24.3 Å². The highest BCUT2D eigenvalue weighted by Crippen LogP contribution is 2.26. The Bertz CT molecular complexity index is 630. The summed E-state index contributed by atoms with van der Waals surface area (Å²) >= 11 is 0. The Morgan fingerprint density at radius 1 is 1.04 bits per heavy atom. The fourth-order valence-corrected chi connectivity index (χ4v) is 4.23. The minimum absolute atomic E-state index is 0.00839. The third kappa shape index (κ3) is 4.20. The molecule has 0 aliphatic carbocycles. The standard InChI is InChI=1S/C20H27FN2O2/c1-14-10-15(2)13-23(12-14)19(24)16-6-8-22(9-7-16)20(25)17-4-3-5-18(21)11-17/h3-5,11,14-16H,6-10,12-13H2,1-2H3/t14-,15-/m0/s1. The van der Waals surface area contributed by atoms with Gasteiger partial charge in [-0.15, -0.1) is 0 Å². The van der Waals surface area contributed by atoms with Gasteiger partial charge in [0.15, 0.2) is 0 Å². The first kappa shape index (κ1) is 17.9. The van der Waals surface area contributed by atoms with E-state index in [4.69, 9.17) is 0 Å². The van der Waals surface area contributed by atoms with E-state index < -0.39 is 5.82 Å². The summed E-state index contributed by atoms with van der Waals surface area (Å²) in [5.41, 5.74) is 0.378. The second-order valence-electron chi connectivity index (χ2n) is 7.77. The van der Waals surface area contributed by atoms with Crippen LogP contribution in [0.25, 0.3) is 0 Å². The Labute approximate surface area is 149 Å². The molecule has 2 aliphatic heterocycles. The zero-order chi connectivity index (χ0) is 18.0. The van der Waals surface area contributed by atoms with Crippen LogP contribution < -0.4 is 0 Å². The van der Waals surface area contributed by atoms with Crippen LogP contribution in [-0.2, 0) is 4.79 Å². The number of piperidine rings is 2. The van der Waals surface area contributed by atoms with Crippen molar-refractivity contribution < 1.29 is 14.0 Å². The highest BCUT2D eigenvalue weighted by molar-refractivity contribution is 5.94. The van der Waals surface area contributed by atoms with Crippen LogP contribution in [0.4, 0.5) is 4.39 Å². The van der Waals surface area contributed by atoms with Crippen LogP contribution in [0.3, 0.4) is 0 Å². The Hall–Kier alpha value is -1.91. The first-order valence-electron chi connectivity index (χ1n) is 9.27. The zero-order valence-corrected chi connectivity index (χ0v) is 15.1. The lowest BCUT2D eigenvalue weighted by Crippen LogP contribution is -2.48. The molecule has 2 amide bonds. The van der Waals surface area contributed by atoms with Crippen molar-refractivity contribution in [2.45, 2.75) is 33.1 Å². The third-order valence-electron chi connectivity index (χ3n) is 5.38. The molecule has 4 nitrogen and oxygen atoms in total. The van der Waals surface area contributed by atoms with E-state index in [-0.39, 0.29) is 17.7 Å². The first-order valence-corrected chi connectivity index (χ1v) is 9.27. The minimum Gasteiger partial charge on any atom is -0.342 e. The van der Waals surface area contributed by atoms with E-state index >= 15 is 0 Å². The number of carbonyl (C=O) groups is 2. The molecule has 136 valence electrons. The van der Waals surface area contributed by atoms with Gasteiger partial charge >= 0.3 is 0 Å². The molecule has 2 heterocycles. The number of benzene rings is 1. The van der Waals surface area contributed by atoms with Gasteiger partial charge in [-0.3, -0.25) is 9.59 Å².